The van der Waals surface area contributed by atoms with E-state index in [1.54, 1.807) is 6.07 Å². The number of hydrogen-bond acceptors (Lipinski definition) is 9. The van der Waals surface area contributed by atoms with Gasteiger partial charge in [-0.15, -0.1) is 0 Å². The highest BCUT2D eigenvalue weighted by molar-refractivity contribution is 7.90. The molecule has 36 heavy (non-hydrogen) atoms. The fourth-order valence-corrected chi connectivity index (χ4v) is 5.68. The van der Waals surface area contributed by atoms with E-state index in [1.165, 1.54) is 18.5 Å². The molecule has 2 bridgehead atoms. The molecule has 2 aromatic rings. The van der Waals surface area contributed by atoms with Gasteiger partial charge in [-0.2, -0.15) is 0 Å². The fourth-order valence-electron chi connectivity index (χ4n) is 4.74. The molecule has 2 aliphatic heterocycles. The first-order valence-corrected chi connectivity index (χ1v) is 14.3. The van der Waals surface area contributed by atoms with Crippen LogP contribution in [0.15, 0.2) is 29.4 Å². The number of halogens is 1. The summed E-state index contributed by atoms with van der Waals surface area (Å²) in [5, 5.41) is 3.40. The molecule has 2 unspecified atom stereocenters. The van der Waals surface area contributed by atoms with Crippen molar-refractivity contribution < 1.29 is 27.4 Å². The largest absolute Gasteiger partial charge is 0.474 e. The van der Waals surface area contributed by atoms with Crippen LogP contribution in [0.2, 0.25) is 5.02 Å². The van der Waals surface area contributed by atoms with E-state index in [9.17, 15) is 13.2 Å². The molecule has 194 valence electrons. The summed E-state index contributed by atoms with van der Waals surface area (Å²) in [6, 6.07) is 4.27. The summed E-state index contributed by atoms with van der Waals surface area (Å²) in [5.41, 5.74) is 1.20. The third-order valence-corrected chi connectivity index (χ3v) is 8.37. The predicted molar refractivity (Wildman–Crippen MR) is 133 cm³/mol. The number of sulfone groups is 1. The van der Waals surface area contributed by atoms with Crippen molar-refractivity contribution in [1.82, 2.24) is 14.9 Å². The van der Waals surface area contributed by atoms with Gasteiger partial charge in [0.25, 0.3) is 0 Å². The van der Waals surface area contributed by atoms with Crippen molar-refractivity contribution >= 4 is 39.0 Å². The van der Waals surface area contributed by atoms with Gasteiger partial charge in [0.1, 0.15) is 24.4 Å². The van der Waals surface area contributed by atoms with Crippen LogP contribution < -0.4 is 10.1 Å². The molecule has 0 spiro atoms. The van der Waals surface area contributed by atoms with E-state index in [1.807, 2.05) is 11.8 Å². The van der Waals surface area contributed by atoms with Gasteiger partial charge in [-0.25, -0.2) is 23.2 Å². The molecule has 12 heteroatoms. The molecule has 3 aliphatic rings. The van der Waals surface area contributed by atoms with Crippen molar-refractivity contribution in [2.24, 2.45) is 0 Å². The van der Waals surface area contributed by atoms with E-state index < -0.39 is 9.84 Å². The van der Waals surface area contributed by atoms with Gasteiger partial charge in [0.05, 0.1) is 46.5 Å². The molecule has 5 rings (SSSR count). The minimum Gasteiger partial charge on any atom is -0.474 e. The van der Waals surface area contributed by atoms with Crippen LogP contribution in [0, 0.1) is 6.92 Å². The summed E-state index contributed by atoms with van der Waals surface area (Å²) < 4.78 is 41.2. The van der Waals surface area contributed by atoms with Gasteiger partial charge in [-0.3, -0.25) is 4.90 Å². The van der Waals surface area contributed by atoms with Crippen molar-refractivity contribution in [2.75, 3.05) is 24.8 Å². The Labute approximate surface area is 215 Å². The Hall–Kier alpha value is -2.63. The number of hydrogen-bond donors (Lipinski definition) is 1. The van der Waals surface area contributed by atoms with E-state index >= 15 is 0 Å². The van der Waals surface area contributed by atoms with Crippen LogP contribution >= 0.6 is 11.6 Å². The fraction of sp³-hybridized carbons (Fsp3) is 0.542. The zero-order valence-corrected chi connectivity index (χ0v) is 21.7. The quantitative estimate of drug-likeness (QED) is 0.586. The maximum Gasteiger partial charge on any atom is 0.410 e. The van der Waals surface area contributed by atoms with Crippen LogP contribution in [-0.2, 0) is 19.3 Å². The van der Waals surface area contributed by atoms with Crippen LogP contribution in [0.4, 0.5) is 16.3 Å². The number of fused-ring (bicyclic) bond motifs is 2. The lowest BCUT2D eigenvalue weighted by Gasteiger charge is -2.47. The number of carbonyl (C=O) groups is 1. The second-order valence-electron chi connectivity index (χ2n) is 9.59. The Kier molecular flexibility index (Phi) is 6.97. The van der Waals surface area contributed by atoms with Gasteiger partial charge >= 0.3 is 6.09 Å². The number of anilines is 2. The standard InChI is InChI=1S/C24H29ClN4O6S/c1-14-22(28-21-7-6-19(10-20(21)25)36(2,31)32)26-13-27-23(14)34-18-8-15-11-33-12-16(9-18)29(15)24(30)35-17-4-3-5-17/h6-7,10,13,15-18H,3-5,8-9,11-12H2,1-2H3,(H,26,27,28). The number of piperidine rings is 1. The zero-order valence-electron chi connectivity index (χ0n) is 20.1. The van der Waals surface area contributed by atoms with Crippen molar-refractivity contribution in [1.29, 1.82) is 0 Å². The lowest BCUT2D eigenvalue weighted by atomic mass is 9.92. The average molecular weight is 537 g/mol. The third-order valence-electron chi connectivity index (χ3n) is 6.95. The van der Waals surface area contributed by atoms with Gasteiger partial charge < -0.3 is 19.5 Å². The monoisotopic (exact) mass is 536 g/mol. The van der Waals surface area contributed by atoms with Crippen LogP contribution in [0.25, 0.3) is 0 Å². The number of nitrogens with one attached hydrogen (secondary N) is 1. The van der Waals surface area contributed by atoms with Crippen molar-refractivity contribution in [3.05, 3.63) is 35.1 Å². The molecule has 1 aliphatic carbocycles. The minimum absolute atomic E-state index is 0.0405. The predicted octanol–water partition coefficient (Wildman–Crippen LogP) is 3.89. The van der Waals surface area contributed by atoms with Gasteiger partial charge in [-0.1, -0.05) is 11.6 Å². The number of amides is 1. The summed E-state index contributed by atoms with van der Waals surface area (Å²) >= 11 is 6.32. The first-order chi connectivity index (χ1) is 17.2. The Morgan fingerprint density at radius 1 is 1.17 bits per heavy atom. The SMILES string of the molecule is Cc1c(Nc2ccc(S(C)(=O)=O)cc2Cl)ncnc1OC1CC2COCC(C1)N2C(=O)OC1CCC1. The molecule has 2 saturated heterocycles. The highest BCUT2D eigenvalue weighted by atomic mass is 35.5. The second-order valence-corrected chi connectivity index (χ2v) is 12.0. The first kappa shape index (κ1) is 25.0. The van der Waals surface area contributed by atoms with E-state index in [-0.39, 0.29) is 40.3 Å². The first-order valence-electron chi connectivity index (χ1n) is 12.0. The highest BCUT2D eigenvalue weighted by Crippen LogP contribution is 2.34. The number of carbonyl (C=O) groups excluding carboxylic acids is 1. The number of ether oxygens (including phenoxy) is 3. The lowest BCUT2D eigenvalue weighted by molar-refractivity contribution is -0.0984. The van der Waals surface area contributed by atoms with Crippen molar-refractivity contribution in [3.8, 4) is 5.88 Å². The molecule has 0 radical (unpaired) electrons. The molecule has 2 atom stereocenters. The summed E-state index contributed by atoms with van der Waals surface area (Å²) in [6.07, 6.45) is 6.39. The van der Waals surface area contributed by atoms with E-state index in [2.05, 4.69) is 15.3 Å². The van der Waals surface area contributed by atoms with Gasteiger partial charge in [0, 0.05) is 19.1 Å². The molecule has 1 saturated carbocycles. The second kappa shape index (κ2) is 10.0. The van der Waals surface area contributed by atoms with Gasteiger partial charge in [-0.05, 0) is 44.4 Å². The van der Waals surface area contributed by atoms with Crippen LogP contribution in [-0.4, -0.2) is 73.1 Å². The molecule has 10 nitrogen and oxygen atoms in total. The Morgan fingerprint density at radius 2 is 1.89 bits per heavy atom. The van der Waals surface area contributed by atoms with E-state index in [4.69, 9.17) is 25.8 Å². The summed E-state index contributed by atoms with van der Waals surface area (Å²) in [5.74, 6) is 0.935. The van der Waals surface area contributed by atoms with Gasteiger partial charge in [0.2, 0.25) is 5.88 Å². The molecule has 1 aromatic heterocycles. The number of aromatic nitrogens is 2. The molecule has 1 aromatic carbocycles. The normalized spacial score (nSPS) is 24.1. The average Bonchev–Trinajstić information content (AvgIpc) is 2.78. The maximum absolute atomic E-state index is 12.8. The number of rotatable bonds is 6. The smallest absolute Gasteiger partial charge is 0.410 e. The lowest BCUT2D eigenvalue weighted by Crippen LogP contribution is -2.61. The molecular weight excluding hydrogens is 508 g/mol. The third kappa shape index (κ3) is 5.23. The molecule has 3 heterocycles. The number of benzene rings is 1. The molecule has 1 N–H and O–H groups in total. The topological polar surface area (TPSA) is 120 Å². The molecule has 3 fully saturated rings. The van der Waals surface area contributed by atoms with E-state index in [0.29, 0.717) is 49.0 Å². The van der Waals surface area contributed by atoms with E-state index in [0.717, 1.165) is 25.5 Å². The van der Waals surface area contributed by atoms with Crippen LogP contribution in [0.3, 0.4) is 0 Å². The molecule has 1 amide bonds. The van der Waals surface area contributed by atoms with Crippen molar-refractivity contribution in [3.63, 3.8) is 0 Å². The maximum atomic E-state index is 12.8. The Balaban J connectivity index is 1.27. The Bertz CT molecular complexity index is 1240. The summed E-state index contributed by atoms with van der Waals surface area (Å²) in [7, 11) is -3.37. The molecular formula is C24H29ClN4O6S. The minimum atomic E-state index is -3.37. The number of nitrogens with zero attached hydrogens (tertiary/aromatic N) is 3. The summed E-state index contributed by atoms with van der Waals surface area (Å²) in [4.78, 5) is 23.4. The highest BCUT2D eigenvalue weighted by Gasteiger charge is 2.44. The van der Waals surface area contributed by atoms with Crippen molar-refractivity contribution in [2.45, 2.75) is 68.2 Å². The van der Waals surface area contributed by atoms with Crippen LogP contribution in [0.1, 0.15) is 37.7 Å². The summed E-state index contributed by atoms with van der Waals surface area (Å²) in [6.45, 7) is 2.74. The van der Waals surface area contributed by atoms with Gasteiger partial charge in [0.15, 0.2) is 9.84 Å². The Morgan fingerprint density at radius 3 is 2.50 bits per heavy atom. The zero-order chi connectivity index (χ0) is 25.4. The van der Waals surface area contributed by atoms with Crippen LogP contribution in [0.5, 0.6) is 5.88 Å². The number of morpholine rings is 1.